The maximum Gasteiger partial charge on any atom is 0.146 e. The molecule has 2 aliphatic rings. The Morgan fingerprint density at radius 2 is 2.08 bits per heavy atom. The van der Waals surface area contributed by atoms with E-state index in [1.54, 1.807) is 12.7 Å². The Hall–Kier alpha value is -0.340. The highest BCUT2D eigenvalue weighted by Crippen LogP contribution is 2.54. The van der Waals surface area contributed by atoms with Crippen LogP contribution < -0.4 is 0 Å². The molecule has 0 radical (unpaired) electrons. The van der Waals surface area contributed by atoms with Gasteiger partial charge in [-0.15, -0.1) is 0 Å². The lowest BCUT2D eigenvalue weighted by Crippen LogP contribution is -2.01. The third kappa shape index (κ3) is 1.29. The van der Waals surface area contributed by atoms with Gasteiger partial charge in [0.05, 0.1) is 6.10 Å². The number of allylic oxidation sites excluding steroid dienone is 1. The van der Waals surface area contributed by atoms with E-state index in [4.69, 9.17) is 9.47 Å². The first-order chi connectivity index (χ1) is 5.75. The molecule has 1 fully saturated rings. The lowest BCUT2D eigenvalue weighted by atomic mass is 10.2. The Morgan fingerprint density at radius 1 is 1.42 bits per heavy atom. The first kappa shape index (κ1) is 8.27. The van der Waals surface area contributed by atoms with Crippen LogP contribution in [0, 0.1) is 17.8 Å². The van der Waals surface area contributed by atoms with Gasteiger partial charge in [-0.1, -0.05) is 25.5 Å². The molecule has 0 aliphatic heterocycles. The Bertz CT molecular complexity index is 210. The van der Waals surface area contributed by atoms with Crippen molar-refractivity contribution in [1.82, 2.24) is 0 Å². The summed E-state index contributed by atoms with van der Waals surface area (Å²) in [6, 6.07) is 0. The molecule has 0 amide bonds. The predicted molar refractivity (Wildman–Crippen MR) is 46.7 cm³/mol. The summed E-state index contributed by atoms with van der Waals surface area (Å²) >= 11 is 0. The first-order valence-electron chi connectivity index (χ1n) is 4.58. The van der Waals surface area contributed by atoms with Crippen molar-refractivity contribution >= 4 is 0 Å². The summed E-state index contributed by atoms with van der Waals surface area (Å²) in [7, 11) is 1.67. The number of hydrogen-bond donors (Lipinski definition) is 0. The van der Waals surface area contributed by atoms with Crippen LogP contribution >= 0.6 is 0 Å². The van der Waals surface area contributed by atoms with Gasteiger partial charge in [-0.05, 0) is 11.8 Å². The van der Waals surface area contributed by atoms with Crippen molar-refractivity contribution in [2.75, 3.05) is 13.9 Å². The lowest BCUT2D eigenvalue weighted by molar-refractivity contribution is -0.0456. The van der Waals surface area contributed by atoms with Crippen molar-refractivity contribution < 1.29 is 9.47 Å². The normalized spacial score (nSPS) is 44.1. The highest BCUT2D eigenvalue weighted by molar-refractivity contribution is 5.36. The van der Waals surface area contributed by atoms with E-state index in [1.807, 2.05) is 0 Å². The predicted octanol–water partition coefficient (Wildman–Crippen LogP) is 1.82. The van der Waals surface area contributed by atoms with Gasteiger partial charge in [0.2, 0.25) is 0 Å². The van der Waals surface area contributed by atoms with E-state index in [9.17, 15) is 0 Å². The molecule has 4 atom stereocenters. The number of rotatable bonds is 4. The van der Waals surface area contributed by atoms with E-state index in [0.29, 0.717) is 24.7 Å². The quantitative estimate of drug-likeness (QED) is 0.471. The summed E-state index contributed by atoms with van der Waals surface area (Å²) in [5, 5.41) is 0. The van der Waals surface area contributed by atoms with Gasteiger partial charge < -0.3 is 9.47 Å². The van der Waals surface area contributed by atoms with Crippen LogP contribution in [0.4, 0.5) is 0 Å². The zero-order valence-corrected chi connectivity index (χ0v) is 7.91. The third-order valence-electron chi connectivity index (χ3n) is 2.92. The molecular weight excluding hydrogens is 152 g/mol. The standard InChI is InChI=1S/C10H16O2/c1-6-4-8(6)9-7(2)10(9)12-5-11-3/h4,6-7,9-10H,5H2,1-3H3/t6-,7?,9?,10?/m1/s1. The van der Waals surface area contributed by atoms with E-state index in [-0.39, 0.29) is 0 Å². The van der Waals surface area contributed by atoms with Gasteiger partial charge >= 0.3 is 0 Å². The minimum atomic E-state index is 0.432. The van der Waals surface area contributed by atoms with Crippen LogP contribution in [-0.4, -0.2) is 20.0 Å². The van der Waals surface area contributed by atoms with Gasteiger partial charge in [0.15, 0.2) is 0 Å². The van der Waals surface area contributed by atoms with Gasteiger partial charge in [0, 0.05) is 13.0 Å². The molecule has 0 aromatic rings. The molecule has 12 heavy (non-hydrogen) atoms. The second-order valence-corrected chi connectivity index (χ2v) is 3.88. The summed E-state index contributed by atoms with van der Waals surface area (Å²) in [5.41, 5.74) is 1.60. The molecule has 2 rings (SSSR count). The highest BCUT2D eigenvalue weighted by Gasteiger charge is 2.53. The van der Waals surface area contributed by atoms with Crippen molar-refractivity contribution in [3.63, 3.8) is 0 Å². The molecule has 0 N–H and O–H groups in total. The topological polar surface area (TPSA) is 18.5 Å². The molecule has 0 aromatic carbocycles. The number of methoxy groups -OCH3 is 1. The average molecular weight is 168 g/mol. The fraction of sp³-hybridized carbons (Fsp3) is 0.800. The van der Waals surface area contributed by atoms with E-state index in [2.05, 4.69) is 19.9 Å². The second kappa shape index (κ2) is 2.86. The van der Waals surface area contributed by atoms with Gasteiger partial charge in [-0.25, -0.2) is 0 Å². The average Bonchev–Trinajstić information content (AvgIpc) is 2.88. The van der Waals surface area contributed by atoms with Gasteiger partial charge in [0.25, 0.3) is 0 Å². The first-order valence-corrected chi connectivity index (χ1v) is 4.58. The van der Waals surface area contributed by atoms with Gasteiger partial charge in [-0.2, -0.15) is 0 Å². The fourth-order valence-corrected chi connectivity index (χ4v) is 1.98. The van der Waals surface area contributed by atoms with Crippen LogP contribution in [-0.2, 0) is 9.47 Å². The van der Waals surface area contributed by atoms with E-state index in [1.165, 1.54) is 0 Å². The highest BCUT2D eigenvalue weighted by atomic mass is 16.7. The molecule has 0 aromatic heterocycles. The molecule has 0 bridgehead atoms. The number of hydrogen-bond acceptors (Lipinski definition) is 2. The molecule has 2 aliphatic carbocycles. The van der Waals surface area contributed by atoms with Crippen LogP contribution in [0.15, 0.2) is 11.6 Å². The number of ether oxygens (including phenoxy) is 2. The maximum absolute atomic E-state index is 5.51. The SMILES string of the molecule is COCOC1C(C)C1C1=C[C@H]1C. The zero-order valence-electron chi connectivity index (χ0n) is 7.91. The van der Waals surface area contributed by atoms with Gasteiger partial charge in [0.1, 0.15) is 6.79 Å². The van der Waals surface area contributed by atoms with Crippen LogP contribution in [0.5, 0.6) is 0 Å². The lowest BCUT2D eigenvalue weighted by Gasteiger charge is -1.99. The Balaban J connectivity index is 1.77. The molecule has 0 spiro atoms. The van der Waals surface area contributed by atoms with Crippen LogP contribution in [0.1, 0.15) is 13.8 Å². The Morgan fingerprint density at radius 3 is 2.58 bits per heavy atom. The van der Waals surface area contributed by atoms with Crippen molar-refractivity contribution in [3.8, 4) is 0 Å². The summed E-state index contributed by atoms with van der Waals surface area (Å²) in [6.45, 7) is 4.93. The minimum absolute atomic E-state index is 0.432. The smallest absolute Gasteiger partial charge is 0.146 e. The van der Waals surface area contributed by atoms with Crippen molar-refractivity contribution in [1.29, 1.82) is 0 Å². The molecule has 1 saturated carbocycles. The maximum atomic E-state index is 5.51. The van der Waals surface area contributed by atoms with Crippen molar-refractivity contribution in [2.45, 2.75) is 20.0 Å². The third-order valence-corrected chi connectivity index (χ3v) is 2.92. The molecule has 68 valence electrons. The molecule has 0 heterocycles. The Kier molecular flexibility index (Phi) is 1.97. The molecular formula is C10H16O2. The van der Waals surface area contributed by atoms with Gasteiger partial charge in [-0.3, -0.25) is 0 Å². The summed E-state index contributed by atoms with van der Waals surface area (Å²) in [4.78, 5) is 0. The minimum Gasteiger partial charge on any atom is -0.359 e. The molecule has 2 nitrogen and oxygen atoms in total. The van der Waals surface area contributed by atoms with Crippen LogP contribution in [0.2, 0.25) is 0 Å². The fourth-order valence-electron chi connectivity index (χ4n) is 1.98. The van der Waals surface area contributed by atoms with E-state index < -0.39 is 0 Å². The molecule has 2 heteroatoms. The second-order valence-electron chi connectivity index (χ2n) is 3.88. The van der Waals surface area contributed by atoms with Crippen molar-refractivity contribution in [3.05, 3.63) is 11.6 Å². The monoisotopic (exact) mass is 168 g/mol. The summed E-state index contributed by atoms with van der Waals surface area (Å²) in [5.74, 6) is 2.15. The zero-order chi connectivity index (χ0) is 8.72. The summed E-state index contributed by atoms with van der Waals surface area (Å²) in [6.07, 6.45) is 2.76. The largest absolute Gasteiger partial charge is 0.359 e. The van der Waals surface area contributed by atoms with Crippen LogP contribution in [0.3, 0.4) is 0 Å². The van der Waals surface area contributed by atoms with E-state index in [0.717, 1.165) is 5.92 Å². The summed E-state index contributed by atoms with van der Waals surface area (Å²) < 4.78 is 10.4. The van der Waals surface area contributed by atoms with Crippen LogP contribution in [0.25, 0.3) is 0 Å². The Labute approximate surface area is 73.5 Å². The molecule has 0 saturated heterocycles. The molecule has 3 unspecified atom stereocenters. The van der Waals surface area contributed by atoms with Crippen molar-refractivity contribution in [2.24, 2.45) is 17.8 Å². The van der Waals surface area contributed by atoms with E-state index >= 15 is 0 Å².